The molecule has 136 valence electrons. The maximum atomic E-state index is 12.3. The van der Waals surface area contributed by atoms with E-state index in [0.717, 1.165) is 15.7 Å². The van der Waals surface area contributed by atoms with Crippen LogP contribution in [0, 0.1) is 0 Å². The lowest BCUT2D eigenvalue weighted by Crippen LogP contribution is -2.45. The van der Waals surface area contributed by atoms with Gasteiger partial charge in [0, 0.05) is 18.3 Å². The minimum atomic E-state index is -0.326. The van der Waals surface area contributed by atoms with Crippen LogP contribution in [-0.2, 0) is 4.79 Å². The highest BCUT2D eigenvalue weighted by Gasteiger charge is 2.31. The summed E-state index contributed by atoms with van der Waals surface area (Å²) < 4.78 is 12.2. The summed E-state index contributed by atoms with van der Waals surface area (Å²) in [6.45, 7) is 8.37. The zero-order valence-corrected chi connectivity index (χ0v) is 17.5. The topological polar surface area (TPSA) is 50.8 Å². The number of nitrogens with zero attached hydrogens (tertiary/aromatic N) is 1. The van der Waals surface area contributed by atoms with Gasteiger partial charge < -0.3 is 19.7 Å². The Balaban J connectivity index is 2.59. The van der Waals surface area contributed by atoms with Gasteiger partial charge in [-0.15, -0.1) is 0 Å². The van der Waals surface area contributed by atoms with Crippen LogP contribution in [0.2, 0.25) is 0 Å². The van der Waals surface area contributed by atoms with Gasteiger partial charge in [0.1, 0.15) is 0 Å². The van der Waals surface area contributed by atoms with Crippen LogP contribution in [0.15, 0.2) is 27.9 Å². The summed E-state index contributed by atoms with van der Waals surface area (Å²) in [5.41, 5.74) is 2.43. The number of benzene rings is 1. The van der Waals surface area contributed by atoms with E-state index in [9.17, 15) is 4.79 Å². The number of hydrogen-bond donors (Lipinski definition) is 1. The Morgan fingerprint density at radius 2 is 1.96 bits per heavy atom. The summed E-state index contributed by atoms with van der Waals surface area (Å²) >= 11 is 8.97. The number of ether oxygens (including phenoxy) is 2. The molecule has 7 heteroatoms. The monoisotopic (exact) mass is 426 g/mol. The molecular weight excluding hydrogens is 404 g/mol. The molecule has 2 rings (SSSR count). The Morgan fingerprint density at radius 1 is 1.32 bits per heavy atom. The lowest BCUT2D eigenvalue weighted by atomic mass is 9.92. The van der Waals surface area contributed by atoms with E-state index in [0.29, 0.717) is 35.4 Å². The molecule has 1 heterocycles. The van der Waals surface area contributed by atoms with Crippen LogP contribution in [0.25, 0.3) is 0 Å². The summed E-state index contributed by atoms with van der Waals surface area (Å²) in [6, 6.07) is 3.52. The third-order valence-corrected chi connectivity index (χ3v) is 5.07. The molecule has 1 aliphatic rings. The molecule has 25 heavy (non-hydrogen) atoms. The van der Waals surface area contributed by atoms with Crippen molar-refractivity contribution < 1.29 is 14.3 Å². The highest BCUT2D eigenvalue weighted by Crippen LogP contribution is 2.41. The first-order valence-electron chi connectivity index (χ1n) is 8.16. The van der Waals surface area contributed by atoms with Crippen molar-refractivity contribution in [1.29, 1.82) is 0 Å². The van der Waals surface area contributed by atoms with E-state index < -0.39 is 0 Å². The van der Waals surface area contributed by atoms with Crippen LogP contribution in [0.1, 0.15) is 39.3 Å². The van der Waals surface area contributed by atoms with E-state index in [1.165, 1.54) is 0 Å². The predicted molar refractivity (Wildman–Crippen MR) is 106 cm³/mol. The molecule has 0 radical (unpaired) electrons. The van der Waals surface area contributed by atoms with Crippen LogP contribution in [0.4, 0.5) is 0 Å². The zero-order chi connectivity index (χ0) is 18.7. The number of rotatable bonds is 6. The number of ketones is 1. The first kappa shape index (κ1) is 19.7. The predicted octanol–water partition coefficient (Wildman–Crippen LogP) is 3.97. The quantitative estimate of drug-likeness (QED) is 0.694. The molecule has 1 atom stereocenters. The Bertz CT molecular complexity index is 733. The Kier molecular flexibility index (Phi) is 6.46. The molecule has 0 bridgehead atoms. The molecule has 0 amide bonds. The summed E-state index contributed by atoms with van der Waals surface area (Å²) in [5, 5.41) is 3.83. The summed E-state index contributed by atoms with van der Waals surface area (Å²) in [7, 11) is 1.85. The average molecular weight is 427 g/mol. The molecule has 0 saturated heterocycles. The van der Waals surface area contributed by atoms with Gasteiger partial charge in [-0.05, 0) is 73.5 Å². The van der Waals surface area contributed by atoms with Crippen LogP contribution in [-0.4, -0.2) is 36.1 Å². The fraction of sp³-hybridized carbons (Fsp3) is 0.444. The molecule has 0 spiro atoms. The standard InChI is InChI=1S/C18H23BrN2O3S/c1-6-23-14-9-12(8-13(19)17(14)24-7-2)16-15(11(4)22)10(3)21(5)18(25)20-16/h8-9,16H,6-7H2,1-5H3,(H,20,25). The smallest absolute Gasteiger partial charge is 0.175 e. The van der Waals surface area contributed by atoms with Crippen LogP contribution >= 0.6 is 28.1 Å². The van der Waals surface area contributed by atoms with E-state index in [1.54, 1.807) is 6.92 Å². The van der Waals surface area contributed by atoms with Crippen molar-refractivity contribution in [3.05, 3.63) is 33.4 Å². The molecule has 1 aromatic rings. The SMILES string of the molecule is CCOc1cc(C2NC(=S)N(C)C(C)=C2C(C)=O)cc(Br)c1OCC. The highest BCUT2D eigenvalue weighted by atomic mass is 79.9. The number of nitrogens with one attached hydrogen (secondary N) is 1. The van der Waals surface area contributed by atoms with Crippen molar-refractivity contribution in [3.8, 4) is 11.5 Å². The maximum absolute atomic E-state index is 12.3. The van der Waals surface area contributed by atoms with Crippen molar-refractivity contribution in [2.45, 2.75) is 33.7 Å². The molecule has 5 nitrogen and oxygen atoms in total. The van der Waals surface area contributed by atoms with Crippen LogP contribution in [0.5, 0.6) is 11.5 Å². The first-order valence-corrected chi connectivity index (χ1v) is 9.36. The lowest BCUT2D eigenvalue weighted by Gasteiger charge is -2.35. The zero-order valence-electron chi connectivity index (χ0n) is 15.1. The molecule has 0 fully saturated rings. The summed E-state index contributed by atoms with van der Waals surface area (Å²) in [4.78, 5) is 14.1. The molecule has 1 N–H and O–H groups in total. The van der Waals surface area contributed by atoms with Crippen molar-refractivity contribution in [1.82, 2.24) is 10.2 Å². The number of allylic oxidation sites excluding steroid dienone is 1. The molecule has 0 aromatic heterocycles. The second-order valence-corrected chi connectivity index (χ2v) is 6.93. The van der Waals surface area contributed by atoms with E-state index in [-0.39, 0.29) is 11.8 Å². The Labute approximate surface area is 162 Å². The molecule has 0 aliphatic carbocycles. The summed E-state index contributed by atoms with van der Waals surface area (Å²) in [6.07, 6.45) is 0. The number of hydrogen-bond acceptors (Lipinski definition) is 4. The van der Waals surface area contributed by atoms with Crippen molar-refractivity contribution in [2.24, 2.45) is 0 Å². The van der Waals surface area contributed by atoms with Gasteiger partial charge in [0.15, 0.2) is 22.4 Å². The number of carbonyl (C=O) groups excluding carboxylic acids is 1. The van der Waals surface area contributed by atoms with Gasteiger partial charge in [0.25, 0.3) is 0 Å². The fourth-order valence-electron chi connectivity index (χ4n) is 2.84. The van der Waals surface area contributed by atoms with Gasteiger partial charge in [0.2, 0.25) is 0 Å². The number of halogens is 1. The minimum absolute atomic E-state index is 0.00678. The van der Waals surface area contributed by atoms with Gasteiger partial charge in [-0.1, -0.05) is 0 Å². The van der Waals surface area contributed by atoms with Crippen LogP contribution < -0.4 is 14.8 Å². The normalized spacial score (nSPS) is 17.4. The largest absolute Gasteiger partial charge is 0.490 e. The second-order valence-electron chi connectivity index (χ2n) is 5.69. The highest BCUT2D eigenvalue weighted by molar-refractivity contribution is 9.10. The molecule has 1 aliphatic heterocycles. The number of Topliss-reactive ketones (excluding diaryl/α,β-unsaturated/α-hetero) is 1. The molecule has 1 unspecified atom stereocenters. The van der Waals surface area contributed by atoms with E-state index in [2.05, 4.69) is 21.2 Å². The minimum Gasteiger partial charge on any atom is -0.490 e. The van der Waals surface area contributed by atoms with Crippen molar-refractivity contribution in [3.63, 3.8) is 0 Å². The van der Waals surface area contributed by atoms with E-state index in [1.807, 2.05) is 44.9 Å². The van der Waals surface area contributed by atoms with E-state index >= 15 is 0 Å². The molecular formula is C18H23BrN2O3S. The number of carbonyl (C=O) groups is 1. The first-order chi connectivity index (χ1) is 11.8. The van der Waals surface area contributed by atoms with Crippen LogP contribution in [0.3, 0.4) is 0 Å². The fourth-order valence-corrected chi connectivity index (χ4v) is 3.67. The molecule has 1 aromatic carbocycles. The maximum Gasteiger partial charge on any atom is 0.175 e. The van der Waals surface area contributed by atoms with Gasteiger partial charge in [0.05, 0.1) is 23.7 Å². The van der Waals surface area contributed by atoms with Gasteiger partial charge in [-0.3, -0.25) is 4.79 Å². The van der Waals surface area contributed by atoms with Gasteiger partial charge in [-0.2, -0.15) is 0 Å². The van der Waals surface area contributed by atoms with E-state index in [4.69, 9.17) is 21.7 Å². The second kappa shape index (κ2) is 8.19. The third kappa shape index (κ3) is 3.98. The summed E-state index contributed by atoms with van der Waals surface area (Å²) in [5.74, 6) is 1.31. The lowest BCUT2D eigenvalue weighted by molar-refractivity contribution is -0.114. The van der Waals surface area contributed by atoms with Gasteiger partial charge >= 0.3 is 0 Å². The average Bonchev–Trinajstić information content (AvgIpc) is 2.55. The van der Waals surface area contributed by atoms with Crippen molar-refractivity contribution >= 4 is 39.0 Å². The van der Waals surface area contributed by atoms with Gasteiger partial charge in [-0.25, -0.2) is 0 Å². The van der Waals surface area contributed by atoms with Crippen molar-refractivity contribution in [2.75, 3.05) is 20.3 Å². The third-order valence-electron chi connectivity index (χ3n) is 4.09. The Morgan fingerprint density at radius 3 is 2.52 bits per heavy atom. The molecule has 0 saturated carbocycles. The Hall–Kier alpha value is -1.60. The number of thiocarbonyl (C=S) groups is 1.